The molecule has 0 fully saturated rings. The second-order valence-electron chi connectivity index (χ2n) is 6.95. The first-order valence-corrected chi connectivity index (χ1v) is 8.59. The molecule has 0 aromatic heterocycles. The summed E-state index contributed by atoms with van der Waals surface area (Å²) < 4.78 is 19.9. The highest BCUT2D eigenvalue weighted by molar-refractivity contribution is 5.77. The fraction of sp³-hybridized carbons (Fsp3) is 0.706. The van der Waals surface area contributed by atoms with Crippen LogP contribution in [0.2, 0.25) is 0 Å². The van der Waals surface area contributed by atoms with Crippen molar-refractivity contribution < 1.29 is 48.4 Å². The Balaban J connectivity index is 5.85. The lowest BCUT2D eigenvalue weighted by molar-refractivity contribution is -0.180. The minimum Gasteiger partial charge on any atom is -0.463 e. The normalized spacial score (nSPS) is 15.6. The van der Waals surface area contributed by atoms with Crippen LogP contribution in [-0.2, 0) is 33.3 Å². The molecule has 0 saturated heterocycles. The van der Waals surface area contributed by atoms with Crippen molar-refractivity contribution in [1.82, 2.24) is 5.32 Å². The largest absolute Gasteiger partial charge is 0.463 e. The number of esters is 3. The number of carbonyl (C=O) groups is 4. The van der Waals surface area contributed by atoms with Crippen LogP contribution in [0.15, 0.2) is 5.16 Å². The number of alkyl carbamates (subject to hydrolysis) is 1. The Kier molecular flexibility index (Phi) is 10.7. The number of hydrogen-bond donors (Lipinski definition) is 3. The maximum Gasteiger partial charge on any atom is 0.408 e. The van der Waals surface area contributed by atoms with E-state index >= 15 is 0 Å². The molecule has 2 unspecified atom stereocenters. The van der Waals surface area contributed by atoms with E-state index in [9.17, 15) is 24.3 Å². The van der Waals surface area contributed by atoms with Crippen molar-refractivity contribution in [3.05, 3.63) is 0 Å². The number of aliphatic hydroxyl groups excluding tert-OH is 1. The predicted molar refractivity (Wildman–Crippen MR) is 97.2 cm³/mol. The van der Waals surface area contributed by atoms with Crippen molar-refractivity contribution in [3.63, 3.8) is 0 Å². The van der Waals surface area contributed by atoms with Crippen LogP contribution in [0.25, 0.3) is 0 Å². The number of nitrogens with one attached hydrogen (secondary N) is 1. The summed E-state index contributed by atoms with van der Waals surface area (Å²) in [7, 11) is 0. The molecule has 3 N–H and O–H groups in total. The Morgan fingerprint density at radius 2 is 1.52 bits per heavy atom. The standard InChI is InChI=1S/C17H28N2O10/c1-9(20)26-8-13(23)15(28-11(3)22)14(27-10(2)21)12(7-18-25)19-16(24)29-17(4,5)6/h7,12-15,23,25H,8H2,1-6H3,(H,19,24)/b18-7+/t12?,13?,14-,15-/m1/s1. The van der Waals surface area contributed by atoms with Gasteiger partial charge in [0.15, 0.2) is 12.2 Å². The highest BCUT2D eigenvalue weighted by atomic mass is 16.6. The van der Waals surface area contributed by atoms with Crippen LogP contribution in [0.4, 0.5) is 4.79 Å². The van der Waals surface area contributed by atoms with E-state index in [0.29, 0.717) is 0 Å². The molecule has 0 saturated carbocycles. The summed E-state index contributed by atoms with van der Waals surface area (Å²) in [5.74, 6) is -2.42. The minimum absolute atomic E-state index is 0.597. The third kappa shape index (κ3) is 11.5. The topological polar surface area (TPSA) is 170 Å². The maximum absolute atomic E-state index is 12.1. The molecule has 0 aliphatic rings. The second-order valence-corrected chi connectivity index (χ2v) is 6.95. The van der Waals surface area contributed by atoms with Gasteiger partial charge in [-0.25, -0.2) is 4.79 Å². The summed E-state index contributed by atoms with van der Waals surface area (Å²) in [6.07, 6.45) is -4.95. The molecule has 1 amide bonds. The molecule has 0 aromatic rings. The fourth-order valence-corrected chi connectivity index (χ4v) is 2.11. The molecule has 166 valence electrons. The molecule has 4 atom stereocenters. The summed E-state index contributed by atoms with van der Waals surface area (Å²) in [6, 6.07) is -1.38. The van der Waals surface area contributed by atoms with Gasteiger partial charge in [0.05, 0.1) is 6.21 Å². The van der Waals surface area contributed by atoms with E-state index in [1.807, 2.05) is 0 Å². The van der Waals surface area contributed by atoms with Crippen LogP contribution in [0.3, 0.4) is 0 Å². The number of rotatable bonds is 9. The van der Waals surface area contributed by atoms with Gasteiger partial charge in [0.2, 0.25) is 0 Å². The lowest BCUT2D eigenvalue weighted by atomic mass is 10.0. The summed E-state index contributed by atoms with van der Waals surface area (Å²) >= 11 is 0. The third-order valence-corrected chi connectivity index (χ3v) is 3.03. The molecule has 0 rings (SSSR count). The first kappa shape index (κ1) is 26.1. The van der Waals surface area contributed by atoms with Gasteiger partial charge in [-0.3, -0.25) is 14.4 Å². The van der Waals surface area contributed by atoms with Gasteiger partial charge in [0.25, 0.3) is 0 Å². The molecule has 12 nitrogen and oxygen atoms in total. The monoisotopic (exact) mass is 420 g/mol. The highest BCUT2D eigenvalue weighted by Gasteiger charge is 2.40. The van der Waals surface area contributed by atoms with Crippen LogP contribution < -0.4 is 5.32 Å². The maximum atomic E-state index is 12.1. The van der Waals surface area contributed by atoms with Gasteiger partial charge in [-0.2, -0.15) is 0 Å². The Hall–Kier alpha value is -2.89. The SMILES string of the molecule is CC(=O)OCC(O)[C@@H](OC(C)=O)[C@H](OC(C)=O)C(/C=N/O)NC(=O)OC(C)(C)C. The van der Waals surface area contributed by atoms with E-state index in [-0.39, 0.29) is 0 Å². The van der Waals surface area contributed by atoms with E-state index in [2.05, 4.69) is 10.5 Å². The second kappa shape index (κ2) is 11.8. The van der Waals surface area contributed by atoms with Crippen LogP contribution in [0, 0.1) is 0 Å². The summed E-state index contributed by atoms with van der Waals surface area (Å²) in [5.41, 5.74) is -0.869. The van der Waals surface area contributed by atoms with Gasteiger partial charge in [-0.15, -0.1) is 0 Å². The summed E-state index contributed by atoms with van der Waals surface area (Å²) in [4.78, 5) is 46.2. The summed E-state index contributed by atoms with van der Waals surface area (Å²) in [6.45, 7) is 7.40. The lowest BCUT2D eigenvalue weighted by Crippen LogP contribution is -2.57. The zero-order valence-corrected chi connectivity index (χ0v) is 17.2. The smallest absolute Gasteiger partial charge is 0.408 e. The molecule has 29 heavy (non-hydrogen) atoms. The Morgan fingerprint density at radius 3 is 1.93 bits per heavy atom. The zero-order chi connectivity index (χ0) is 22.8. The van der Waals surface area contributed by atoms with Crippen LogP contribution in [-0.4, -0.2) is 77.1 Å². The molecule has 0 aliphatic heterocycles. The van der Waals surface area contributed by atoms with Gasteiger partial charge >= 0.3 is 24.0 Å². The number of oxime groups is 1. The van der Waals surface area contributed by atoms with E-state index in [4.69, 9.17) is 24.2 Å². The van der Waals surface area contributed by atoms with Crippen molar-refractivity contribution in [1.29, 1.82) is 0 Å². The van der Waals surface area contributed by atoms with Gasteiger partial charge in [0, 0.05) is 20.8 Å². The highest BCUT2D eigenvalue weighted by Crippen LogP contribution is 2.16. The Bertz CT molecular complexity index is 614. The van der Waals surface area contributed by atoms with Crippen LogP contribution >= 0.6 is 0 Å². The first-order chi connectivity index (χ1) is 13.3. The van der Waals surface area contributed by atoms with Crippen molar-refractivity contribution in [2.45, 2.75) is 71.5 Å². The average molecular weight is 420 g/mol. The number of aliphatic hydroxyl groups is 1. The van der Waals surface area contributed by atoms with Gasteiger partial charge in [-0.05, 0) is 20.8 Å². The molecule has 0 bridgehead atoms. The van der Waals surface area contributed by atoms with Crippen molar-refractivity contribution in [2.24, 2.45) is 5.16 Å². The number of nitrogens with zero attached hydrogens (tertiary/aromatic N) is 1. The molecule has 0 spiro atoms. The number of hydrogen-bond acceptors (Lipinski definition) is 11. The summed E-state index contributed by atoms with van der Waals surface area (Å²) in [5, 5.41) is 24.4. The van der Waals surface area contributed by atoms with E-state index in [1.165, 1.54) is 0 Å². The first-order valence-electron chi connectivity index (χ1n) is 8.59. The fourth-order valence-electron chi connectivity index (χ4n) is 2.11. The van der Waals surface area contributed by atoms with Gasteiger partial charge in [-0.1, -0.05) is 5.16 Å². The zero-order valence-electron chi connectivity index (χ0n) is 17.2. The molecule has 0 aromatic carbocycles. The molecular weight excluding hydrogens is 392 g/mol. The molecule has 0 radical (unpaired) electrons. The lowest BCUT2D eigenvalue weighted by Gasteiger charge is -2.33. The molecule has 0 heterocycles. The van der Waals surface area contributed by atoms with Crippen molar-refractivity contribution in [2.75, 3.05) is 6.61 Å². The average Bonchev–Trinajstić information content (AvgIpc) is 2.53. The molecular formula is C17H28N2O10. The Labute approximate surface area is 168 Å². The van der Waals surface area contributed by atoms with Crippen molar-refractivity contribution >= 4 is 30.2 Å². The van der Waals surface area contributed by atoms with Crippen molar-refractivity contribution in [3.8, 4) is 0 Å². The minimum atomic E-state index is -1.64. The number of carbonyl (C=O) groups excluding carboxylic acids is 4. The van der Waals surface area contributed by atoms with E-state index in [0.717, 1.165) is 27.0 Å². The van der Waals surface area contributed by atoms with Crippen LogP contribution in [0.5, 0.6) is 0 Å². The van der Waals surface area contributed by atoms with E-state index < -0.39 is 60.6 Å². The van der Waals surface area contributed by atoms with Gasteiger partial charge < -0.3 is 34.6 Å². The third-order valence-electron chi connectivity index (χ3n) is 3.03. The van der Waals surface area contributed by atoms with Gasteiger partial charge in [0.1, 0.15) is 24.4 Å². The quantitative estimate of drug-likeness (QED) is 0.153. The predicted octanol–water partition coefficient (Wildman–Crippen LogP) is 0.127. The molecule has 12 heteroatoms. The van der Waals surface area contributed by atoms with Crippen LogP contribution in [0.1, 0.15) is 41.5 Å². The number of amides is 1. The Morgan fingerprint density at radius 1 is 1.00 bits per heavy atom. The van der Waals surface area contributed by atoms with E-state index in [1.54, 1.807) is 20.8 Å². The number of ether oxygens (including phenoxy) is 4. The molecule has 0 aliphatic carbocycles.